The van der Waals surface area contributed by atoms with Crippen LogP contribution in [0.2, 0.25) is 0 Å². The maximum atomic E-state index is 12.6. The number of ketones is 1. The number of hydrogen-bond acceptors (Lipinski definition) is 23. The van der Waals surface area contributed by atoms with Gasteiger partial charge in [0, 0.05) is 125 Å². The summed E-state index contributed by atoms with van der Waals surface area (Å²) < 4.78 is 21.5. The van der Waals surface area contributed by atoms with Crippen molar-refractivity contribution in [1.29, 1.82) is 0 Å². The molecule has 0 bridgehead atoms. The SMILES string of the molecule is CCOC(=O)C(Cc1ccccc1)C1(O)CCN(Cc2ccccc2)CC1.CCOC(=O)CCc1ccccc1.NN.NNC(=O)C(Cc1ccccc1)C1(O)CCN(Cc2ccccc2)CC1.O=C1CCN(Cc2ccccc2)CC1.O=C1NC(Cc2ccccc2)C2(CCN(Cc3ccccc3)CC2)O1.O=C1NC(Cc2ccccc2)C2(CCNCC2)O1.O=N[O-].[HH].[Na+]. The zero-order chi connectivity index (χ0) is 91.1. The largest absolute Gasteiger partial charge is 1.00 e. The number of aryl methyl sites for hydroxylation is 1. The van der Waals surface area contributed by atoms with Gasteiger partial charge in [-0.3, -0.25) is 55.9 Å². The number of rotatable bonds is 25. The van der Waals surface area contributed by atoms with Crippen LogP contribution in [0, 0.1) is 22.0 Å². The third-order valence-corrected chi connectivity index (χ3v) is 24.7. The van der Waals surface area contributed by atoms with Crippen molar-refractivity contribution in [2.45, 2.75) is 177 Å². The smallest absolute Gasteiger partial charge is 0.466 e. The Morgan fingerprint density at radius 2 is 0.736 bits per heavy atom. The molecule has 2 spiro atoms. The van der Waals surface area contributed by atoms with Crippen LogP contribution in [-0.2, 0) is 96.4 Å². The first-order valence-electron chi connectivity index (χ1n) is 44.8. The van der Waals surface area contributed by atoms with E-state index in [0.29, 0.717) is 63.9 Å². The third-order valence-electron chi connectivity index (χ3n) is 24.7. The van der Waals surface area contributed by atoms with Crippen LogP contribution in [0.4, 0.5) is 9.59 Å². The first kappa shape index (κ1) is 104. The summed E-state index contributed by atoms with van der Waals surface area (Å²) in [7, 11) is 0. The van der Waals surface area contributed by atoms with Crippen molar-refractivity contribution in [3.05, 3.63) is 333 Å². The third kappa shape index (κ3) is 34.8. The summed E-state index contributed by atoms with van der Waals surface area (Å²) in [6, 6.07) is 92.0. The summed E-state index contributed by atoms with van der Waals surface area (Å²) in [5.74, 6) is 12.0. The van der Waals surface area contributed by atoms with Gasteiger partial charge >= 0.3 is 53.7 Å². The number of hydrazine groups is 2. The molecule has 12 N–H and O–H groups in total. The molecular formula is C102H133N12NaO14. The van der Waals surface area contributed by atoms with Gasteiger partial charge in [-0.1, -0.05) is 273 Å². The minimum atomic E-state index is -1.04. The zero-order valence-corrected chi connectivity index (χ0v) is 77.2. The average molecular weight is 1770 g/mol. The molecule has 7 saturated heterocycles. The molecular weight excluding hydrogens is 1640 g/mol. The Morgan fingerprint density at radius 3 is 1.07 bits per heavy atom. The van der Waals surface area contributed by atoms with Gasteiger partial charge in [-0.15, -0.1) is 5.34 Å². The van der Waals surface area contributed by atoms with E-state index in [-0.39, 0.29) is 84.3 Å². The predicted octanol–water partition coefficient (Wildman–Crippen LogP) is 10.5. The molecule has 3 amide bonds. The number of esters is 2. The number of piperidine rings is 5. The van der Waals surface area contributed by atoms with Gasteiger partial charge in [-0.2, -0.15) is 0 Å². The molecule has 4 unspecified atom stereocenters. The Bertz CT molecular complexity index is 4660. The molecule has 7 fully saturated rings. The molecule has 129 heavy (non-hydrogen) atoms. The normalized spacial score (nSPS) is 18.5. The van der Waals surface area contributed by atoms with Crippen LogP contribution in [0.15, 0.2) is 278 Å². The number of carbonyl (C=O) groups excluding carboxylic acids is 6. The number of carbonyl (C=O) groups is 6. The first-order chi connectivity index (χ1) is 62.3. The Labute approximate surface area is 784 Å². The molecule has 686 valence electrons. The molecule has 0 saturated carbocycles. The summed E-state index contributed by atoms with van der Waals surface area (Å²) in [6.07, 6.45) is 10.7. The monoisotopic (exact) mass is 1770 g/mol. The van der Waals surface area contributed by atoms with E-state index in [4.69, 9.17) is 34.9 Å². The molecule has 0 radical (unpaired) electrons. The van der Waals surface area contributed by atoms with Gasteiger partial charge in [0.25, 0.3) is 0 Å². The number of nitrogens with two attached hydrogens (primary N) is 3. The predicted molar refractivity (Wildman–Crippen MR) is 501 cm³/mol. The second-order valence-corrected chi connectivity index (χ2v) is 33.3. The fourth-order valence-corrected chi connectivity index (χ4v) is 17.5. The number of benzene rings is 9. The summed E-state index contributed by atoms with van der Waals surface area (Å²) in [5, 5.41) is 40.9. The molecule has 16 rings (SSSR count). The van der Waals surface area contributed by atoms with E-state index in [1.54, 1.807) is 0 Å². The molecule has 7 heterocycles. The first-order valence-corrected chi connectivity index (χ1v) is 44.8. The second kappa shape index (κ2) is 56.2. The summed E-state index contributed by atoms with van der Waals surface area (Å²) >= 11 is 0. The van der Waals surface area contributed by atoms with Crippen molar-refractivity contribution in [2.75, 3.05) is 78.7 Å². The van der Waals surface area contributed by atoms with Crippen LogP contribution in [0.25, 0.3) is 0 Å². The van der Waals surface area contributed by atoms with Crippen LogP contribution in [0.3, 0.4) is 0 Å². The molecule has 7 aliphatic heterocycles. The van der Waals surface area contributed by atoms with E-state index in [1.165, 1.54) is 38.9 Å². The van der Waals surface area contributed by atoms with Crippen molar-refractivity contribution in [3.8, 4) is 0 Å². The minimum absolute atomic E-state index is 0. The van der Waals surface area contributed by atoms with Gasteiger partial charge in [0.1, 0.15) is 17.0 Å². The standard InChI is InChI=1S/C23H29NO3.C21H27N3O2.C21H24N2O2.C14H18N2O2.C12H15NO.C11H14O2.H4N2.HNO2.Na.H2/c1-2-27-22(25)21(17-19-9-5-3-6-10-19)23(26)13-15-24(16-14-23)18-20-11-7-4-8-12-20;22-23-20(25)19(15-17-7-3-1-4-8-17)21(26)11-13-24(14-12-21)16-18-9-5-2-6-10-18;24-20-22-19(15-17-7-3-1-4-8-17)21(25-20)11-13-23(14-12-21)16-18-9-5-2-6-10-18;17-13-16-12(10-11-4-2-1-3-5-11)14(18-13)6-8-15-9-7-14;14-12-6-8-13(9-7-12)10-11-4-2-1-3-5-11;1-2-13-11(12)9-8-10-6-4-3-5-7-10;1-2;2-1-3;;/h3-12,21,26H,2,13-18H2,1H3;1-10,19,26H,11-16,22H2,(H,23,25);1-10,19H,11-16H2,(H,22,24);1-5,12,15H,6-10H2,(H,16,17);1-5H,6-10H2;3-7H,2,8-9H2,1H3;1-2H2;(H,2,3);;1H/q;;;;;;;;+1;/p-1. The second-order valence-electron chi connectivity index (χ2n) is 33.3. The van der Waals surface area contributed by atoms with Crippen molar-refractivity contribution < 1.29 is 88.9 Å². The van der Waals surface area contributed by atoms with E-state index >= 15 is 0 Å². The van der Waals surface area contributed by atoms with Crippen LogP contribution in [0.1, 0.15) is 136 Å². The number of Topliss-reactive ketones (excluding diaryl/α,β-unsaturated/α-hetero) is 1. The Hall–Kier alpha value is -10.4. The van der Waals surface area contributed by atoms with Gasteiger partial charge in [0.2, 0.25) is 5.91 Å². The van der Waals surface area contributed by atoms with Crippen molar-refractivity contribution in [1.82, 2.24) is 41.0 Å². The maximum absolute atomic E-state index is 12.6. The topological polar surface area (TPSA) is 371 Å². The molecule has 9 aromatic carbocycles. The number of alkyl carbamates (subject to hydrolysis) is 2. The van der Waals surface area contributed by atoms with Crippen LogP contribution in [-0.4, -0.2) is 179 Å². The van der Waals surface area contributed by atoms with E-state index in [2.05, 4.69) is 150 Å². The summed E-state index contributed by atoms with van der Waals surface area (Å²) in [5.41, 5.74) is 10.5. The molecule has 9 aromatic rings. The quantitative estimate of drug-likeness (QED) is 0.00488. The number of amides is 3. The molecule has 4 atom stereocenters. The fourth-order valence-electron chi connectivity index (χ4n) is 17.5. The average Bonchev–Trinajstić information content (AvgIpc) is 1.66. The Morgan fingerprint density at radius 1 is 0.450 bits per heavy atom. The Balaban J connectivity index is 0.000000214. The van der Waals surface area contributed by atoms with Crippen LogP contribution >= 0.6 is 0 Å². The zero-order valence-electron chi connectivity index (χ0n) is 75.2. The van der Waals surface area contributed by atoms with E-state index in [1.807, 2.05) is 190 Å². The molecule has 0 aliphatic carbocycles. The van der Waals surface area contributed by atoms with Gasteiger partial charge in [-0.05, 0) is 135 Å². The fraction of sp³-hybridized carbons (Fsp3) is 0.412. The number of likely N-dealkylation sites (tertiary alicyclic amines) is 4. The van der Waals surface area contributed by atoms with E-state index < -0.39 is 23.0 Å². The number of ether oxygens (including phenoxy) is 4. The summed E-state index contributed by atoms with van der Waals surface area (Å²) in [6.45, 7) is 16.8. The van der Waals surface area contributed by atoms with Gasteiger partial charge in [-0.25, -0.2) is 15.4 Å². The summed E-state index contributed by atoms with van der Waals surface area (Å²) in [4.78, 5) is 88.0. The molecule has 27 heteroatoms. The minimum Gasteiger partial charge on any atom is -0.466 e. The van der Waals surface area contributed by atoms with Gasteiger partial charge in [0.15, 0.2) is 0 Å². The number of nitrogens with one attached hydrogen (secondary N) is 4. The van der Waals surface area contributed by atoms with Crippen molar-refractivity contribution in [3.63, 3.8) is 0 Å². The number of hydrogen-bond donors (Lipinski definition) is 9. The van der Waals surface area contributed by atoms with Gasteiger partial charge < -0.3 is 55.2 Å². The van der Waals surface area contributed by atoms with Crippen molar-refractivity contribution >= 4 is 35.8 Å². The Kier molecular flexibility index (Phi) is 45.3. The van der Waals surface area contributed by atoms with Crippen LogP contribution < -0.4 is 68.5 Å². The molecule has 0 aromatic heterocycles. The number of nitrogens with zero attached hydrogens (tertiary/aromatic N) is 5. The van der Waals surface area contributed by atoms with E-state index in [0.717, 1.165) is 166 Å². The number of aliphatic hydroxyl groups is 2. The van der Waals surface area contributed by atoms with Gasteiger partial charge in [0.05, 0.1) is 48.3 Å². The molecule has 26 nitrogen and oxygen atoms in total. The molecule has 7 aliphatic rings. The van der Waals surface area contributed by atoms with Crippen molar-refractivity contribution in [2.24, 2.45) is 34.7 Å². The van der Waals surface area contributed by atoms with Crippen LogP contribution in [0.5, 0.6) is 0 Å². The van der Waals surface area contributed by atoms with E-state index in [9.17, 15) is 39.0 Å². The maximum Gasteiger partial charge on any atom is 1.00 e.